The van der Waals surface area contributed by atoms with Gasteiger partial charge in [0.15, 0.2) is 0 Å². The Morgan fingerprint density at radius 1 is 1.28 bits per heavy atom. The quantitative estimate of drug-likeness (QED) is 0.849. The summed E-state index contributed by atoms with van der Waals surface area (Å²) in [5, 5.41) is 4.60. The molecule has 0 radical (unpaired) electrons. The number of hydrogen-bond donors (Lipinski definition) is 1. The number of benzene rings is 1. The summed E-state index contributed by atoms with van der Waals surface area (Å²) in [5.74, 6) is 0.888. The standard InChI is InChI=1S/C16H24ClN/c1-12-4-3-5-16(10-12)18-13(2)11-14-6-8-15(17)9-7-14/h6-9,12-13,16,18H,3-5,10-11H2,1-2H3. The molecule has 100 valence electrons. The summed E-state index contributed by atoms with van der Waals surface area (Å²) in [5.41, 5.74) is 1.36. The minimum absolute atomic E-state index is 0.543. The maximum absolute atomic E-state index is 5.90. The van der Waals surface area contributed by atoms with Gasteiger partial charge in [0, 0.05) is 17.1 Å². The largest absolute Gasteiger partial charge is 0.311 e. The van der Waals surface area contributed by atoms with Crippen molar-refractivity contribution in [3.8, 4) is 0 Å². The molecule has 0 bridgehead atoms. The Morgan fingerprint density at radius 3 is 2.67 bits per heavy atom. The topological polar surface area (TPSA) is 12.0 Å². The maximum atomic E-state index is 5.90. The first-order valence-corrected chi connectivity index (χ1v) is 7.52. The first-order chi connectivity index (χ1) is 8.63. The van der Waals surface area contributed by atoms with E-state index in [-0.39, 0.29) is 0 Å². The van der Waals surface area contributed by atoms with Gasteiger partial charge in [-0.1, -0.05) is 43.5 Å². The molecule has 3 unspecified atom stereocenters. The van der Waals surface area contributed by atoms with Gasteiger partial charge < -0.3 is 5.32 Å². The Kier molecular flexibility index (Phi) is 5.08. The van der Waals surface area contributed by atoms with Gasteiger partial charge in [0.05, 0.1) is 0 Å². The van der Waals surface area contributed by atoms with Gasteiger partial charge in [0.2, 0.25) is 0 Å². The lowest BCUT2D eigenvalue weighted by Crippen LogP contribution is -2.40. The van der Waals surface area contributed by atoms with Gasteiger partial charge in [-0.2, -0.15) is 0 Å². The second-order valence-corrected chi connectivity index (χ2v) is 6.30. The number of hydrogen-bond acceptors (Lipinski definition) is 1. The first kappa shape index (κ1) is 13.9. The van der Waals surface area contributed by atoms with Gasteiger partial charge in [-0.05, 0) is 49.8 Å². The molecule has 1 saturated carbocycles. The summed E-state index contributed by atoms with van der Waals surface area (Å²) < 4.78 is 0. The van der Waals surface area contributed by atoms with Crippen LogP contribution in [0.3, 0.4) is 0 Å². The molecule has 1 N–H and O–H groups in total. The van der Waals surface area contributed by atoms with E-state index in [2.05, 4.69) is 31.3 Å². The van der Waals surface area contributed by atoms with E-state index < -0.39 is 0 Å². The van der Waals surface area contributed by atoms with Crippen molar-refractivity contribution < 1.29 is 0 Å². The molecule has 2 heteroatoms. The van der Waals surface area contributed by atoms with Crippen LogP contribution in [0.1, 0.15) is 45.1 Å². The first-order valence-electron chi connectivity index (χ1n) is 7.14. The monoisotopic (exact) mass is 265 g/mol. The summed E-state index contributed by atoms with van der Waals surface area (Å²) >= 11 is 5.90. The molecule has 0 spiro atoms. The van der Waals surface area contributed by atoms with Crippen LogP contribution in [0.4, 0.5) is 0 Å². The molecular weight excluding hydrogens is 242 g/mol. The molecular formula is C16H24ClN. The minimum Gasteiger partial charge on any atom is -0.311 e. The average Bonchev–Trinajstić information content (AvgIpc) is 2.32. The van der Waals surface area contributed by atoms with E-state index in [1.54, 1.807) is 0 Å². The van der Waals surface area contributed by atoms with Crippen LogP contribution in [0.2, 0.25) is 5.02 Å². The van der Waals surface area contributed by atoms with E-state index in [9.17, 15) is 0 Å². The average molecular weight is 266 g/mol. The molecule has 0 aromatic heterocycles. The summed E-state index contributed by atoms with van der Waals surface area (Å²) in [4.78, 5) is 0. The van der Waals surface area contributed by atoms with Gasteiger partial charge in [-0.25, -0.2) is 0 Å². The van der Waals surface area contributed by atoms with Gasteiger partial charge in [-0.3, -0.25) is 0 Å². The van der Waals surface area contributed by atoms with Crippen molar-refractivity contribution in [1.29, 1.82) is 0 Å². The molecule has 1 aromatic rings. The molecule has 1 aliphatic rings. The normalized spacial score (nSPS) is 25.9. The molecule has 1 aromatic carbocycles. The van der Waals surface area contributed by atoms with Crippen molar-refractivity contribution in [2.24, 2.45) is 5.92 Å². The van der Waals surface area contributed by atoms with Crippen LogP contribution in [0, 0.1) is 5.92 Å². The molecule has 1 aliphatic carbocycles. The van der Waals surface area contributed by atoms with Gasteiger partial charge >= 0.3 is 0 Å². The summed E-state index contributed by atoms with van der Waals surface area (Å²) in [6, 6.07) is 9.48. The van der Waals surface area contributed by atoms with Gasteiger partial charge in [0.25, 0.3) is 0 Å². The summed E-state index contributed by atoms with van der Waals surface area (Å²) in [7, 11) is 0. The van der Waals surface area contributed by atoms with E-state index in [0.29, 0.717) is 6.04 Å². The van der Waals surface area contributed by atoms with Crippen LogP contribution >= 0.6 is 11.6 Å². The number of rotatable bonds is 4. The van der Waals surface area contributed by atoms with Crippen LogP contribution in [-0.2, 0) is 6.42 Å². The SMILES string of the molecule is CC1CCCC(NC(C)Cc2ccc(Cl)cc2)C1. The summed E-state index contributed by atoms with van der Waals surface area (Å²) in [6.45, 7) is 4.66. The van der Waals surface area contributed by atoms with Crippen molar-refractivity contribution >= 4 is 11.6 Å². The Balaban J connectivity index is 1.81. The highest BCUT2D eigenvalue weighted by Crippen LogP contribution is 2.24. The van der Waals surface area contributed by atoms with Crippen LogP contribution in [0.5, 0.6) is 0 Å². The minimum atomic E-state index is 0.543. The predicted molar refractivity (Wildman–Crippen MR) is 79.2 cm³/mol. The van der Waals surface area contributed by atoms with E-state index in [1.165, 1.54) is 31.2 Å². The highest BCUT2D eigenvalue weighted by Gasteiger charge is 2.19. The fourth-order valence-electron chi connectivity index (χ4n) is 3.02. The van der Waals surface area contributed by atoms with Crippen molar-refractivity contribution in [2.45, 2.75) is 58.0 Å². The zero-order chi connectivity index (χ0) is 13.0. The molecule has 3 atom stereocenters. The van der Waals surface area contributed by atoms with E-state index in [0.717, 1.165) is 23.4 Å². The molecule has 0 amide bonds. The lowest BCUT2D eigenvalue weighted by Gasteiger charge is -2.30. The van der Waals surface area contributed by atoms with Gasteiger partial charge in [0.1, 0.15) is 0 Å². The van der Waals surface area contributed by atoms with Crippen molar-refractivity contribution in [3.63, 3.8) is 0 Å². The molecule has 1 fully saturated rings. The third-order valence-electron chi connectivity index (χ3n) is 3.91. The lowest BCUT2D eigenvalue weighted by molar-refractivity contribution is 0.284. The number of nitrogens with one attached hydrogen (secondary N) is 1. The van der Waals surface area contributed by atoms with Gasteiger partial charge in [-0.15, -0.1) is 0 Å². The Morgan fingerprint density at radius 2 is 2.00 bits per heavy atom. The van der Waals surface area contributed by atoms with Crippen LogP contribution in [-0.4, -0.2) is 12.1 Å². The summed E-state index contributed by atoms with van der Waals surface area (Å²) in [6.07, 6.45) is 6.55. The maximum Gasteiger partial charge on any atom is 0.0406 e. The zero-order valence-electron chi connectivity index (χ0n) is 11.5. The predicted octanol–water partition coefficient (Wildman–Crippen LogP) is 4.44. The third-order valence-corrected chi connectivity index (χ3v) is 4.16. The Bertz CT molecular complexity index is 360. The van der Waals surface area contributed by atoms with Crippen molar-refractivity contribution in [1.82, 2.24) is 5.32 Å². The number of halogens is 1. The molecule has 18 heavy (non-hydrogen) atoms. The molecule has 2 rings (SSSR count). The fourth-order valence-corrected chi connectivity index (χ4v) is 3.15. The molecule has 0 aliphatic heterocycles. The highest BCUT2D eigenvalue weighted by atomic mass is 35.5. The van der Waals surface area contributed by atoms with Crippen molar-refractivity contribution in [3.05, 3.63) is 34.9 Å². The second-order valence-electron chi connectivity index (χ2n) is 5.87. The second kappa shape index (κ2) is 6.58. The van der Waals surface area contributed by atoms with Crippen LogP contribution in [0.25, 0.3) is 0 Å². The Labute approximate surface area is 116 Å². The van der Waals surface area contributed by atoms with Crippen LogP contribution < -0.4 is 5.32 Å². The van der Waals surface area contributed by atoms with Crippen molar-refractivity contribution in [2.75, 3.05) is 0 Å². The molecule has 0 saturated heterocycles. The van der Waals surface area contributed by atoms with E-state index in [1.807, 2.05) is 12.1 Å². The highest BCUT2D eigenvalue weighted by molar-refractivity contribution is 6.30. The Hall–Kier alpha value is -0.530. The zero-order valence-corrected chi connectivity index (χ0v) is 12.2. The van der Waals surface area contributed by atoms with Crippen LogP contribution in [0.15, 0.2) is 24.3 Å². The third kappa shape index (κ3) is 4.29. The van der Waals surface area contributed by atoms with E-state index in [4.69, 9.17) is 11.6 Å². The fraction of sp³-hybridized carbons (Fsp3) is 0.625. The lowest BCUT2D eigenvalue weighted by atomic mass is 9.86. The molecule has 1 nitrogen and oxygen atoms in total. The molecule has 0 heterocycles. The smallest absolute Gasteiger partial charge is 0.0406 e. The van der Waals surface area contributed by atoms with E-state index >= 15 is 0 Å².